The zero-order valence-corrected chi connectivity index (χ0v) is 18.9. The van der Waals surface area contributed by atoms with Crippen LogP contribution in [0, 0.1) is 0 Å². The Hall–Kier alpha value is -3.96. The van der Waals surface area contributed by atoms with Gasteiger partial charge in [-0.25, -0.2) is 4.98 Å². The third-order valence-electron chi connectivity index (χ3n) is 5.78. The van der Waals surface area contributed by atoms with Crippen LogP contribution in [0.3, 0.4) is 0 Å². The lowest BCUT2D eigenvalue weighted by Crippen LogP contribution is -2.46. The van der Waals surface area contributed by atoms with Gasteiger partial charge in [0, 0.05) is 38.3 Å². The number of piperazine rings is 1. The maximum Gasteiger partial charge on any atom is 0.259 e. The van der Waals surface area contributed by atoms with Crippen LogP contribution in [0.1, 0.15) is 5.69 Å². The van der Waals surface area contributed by atoms with Crippen molar-refractivity contribution in [2.24, 2.45) is 0 Å². The highest BCUT2D eigenvalue weighted by molar-refractivity contribution is 6.30. The van der Waals surface area contributed by atoms with E-state index < -0.39 is 0 Å². The molecular weight excluding hydrogens is 456 g/mol. The maximum atomic E-state index is 6.42. The number of nitrogen functional groups attached to an aromatic ring is 1. The van der Waals surface area contributed by atoms with E-state index in [1.165, 1.54) is 4.52 Å². The monoisotopic (exact) mass is 476 g/mol. The molecule has 11 nitrogen and oxygen atoms in total. The molecule has 5 heterocycles. The molecule has 172 valence electrons. The van der Waals surface area contributed by atoms with Gasteiger partial charge in [-0.1, -0.05) is 41.9 Å². The van der Waals surface area contributed by atoms with Crippen molar-refractivity contribution >= 4 is 29.3 Å². The summed E-state index contributed by atoms with van der Waals surface area (Å²) in [6, 6.07) is 13.5. The van der Waals surface area contributed by atoms with Crippen molar-refractivity contribution in [2.45, 2.75) is 6.54 Å². The molecule has 1 fully saturated rings. The van der Waals surface area contributed by atoms with Crippen LogP contribution in [0.15, 0.2) is 53.1 Å². The van der Waals surface area contributed by atoms with Gasteiger partial charge in [-0.3, -0.25) is 4.90 Å². The Bertz CT molecular complexity index is 1420. The predicted octanol–water partition coefficient (Wildman–Crippen LogP) is 2.73. The standard InChI is InChI=1S/C22H21ClN10O/c23-17-15(25-18(26-17)14-5-2-1-3-6-14)13-31-8-10-32(11-9-31)21-28-20(24)33-22(29-21)27-19(30-33)16-7-4-12-34-16/h1-7,12H,8-11,13H2,(H,25,26)(H2,24,27,28,29,30). The first-order chi connectivity index (χ1) is 16.6. The number of fused-ring (bicyclic) bond motifs is 1. The van der Waals surface area contributed by atoms with Crippen LogP contribution in [-0.2, 0) is 6.54 Å². The number of anilines is 2. The quantitative estimate of drug-likeness (QED) is 0.393. The number of nitrogens with two attached hydrogens (primary N) is 1. The lowest BCUT2D eigenvalue weighted by molar-refractivity contribution is 0.246. The minimum atomic E-state index is 0.227. The molecule has 0 bridgehead atoms. The second-order valence-corrected chi connectivity index (χ2v) is 8.35. The summed E-state index contributed by atoms with van der Waals surface area (Å²) in [6.45, 7) is 3.80. The Morgan fingerprint density at radius 3 is 2.56 bits per heavy atom. The number of nitrogens with zero attached hydrogens (tertiary/aromatic N) is 8. The normalized spacial score (nSPS) is 14.8. The number of imidazole rings is 1. The van der Waals surface area contributed by atoms with Crippen LogP contribution in [0.5, 0.6) is 0 Å². The molecule has 0 spiro atoms. The van der Waals surface area contributed by atoms with Crippen LogP contribution in [0.25, 0.3) is 28.8 Å². The number of aromatic nitrogens is 7. The minimum absolute atomic E-state index is 0.227. The van der Waals surface area contributed by atoms with E-state index in [9.17, 15) is 0 Å². The van der Waals surface area contributed by atoms with Gasteiger partial charge in [-0.2, -0.15) is 19.5 Å². The minimum Gasteiger partial charge on any atom is -0.461 e. The van der Waals surface area contributed by atoms with Crippen molar-refractivity contribution in [3.05, 3.63) is 59.6 Å². The van der Waals surface area contributed by atoms with E-state index in [4.69, 9.17) is 21.8 Å². The molecule has 1 aliphatic heterocycles. The number of halogens is 1. The van der Waals surface area contributed by atoms with Crippen LogP contribution >= 0.6 is 11.6 Å². The molecule has 1 saturated heterocycles. The predicted molar refractivity (Wildman–Crippen MR) is 127 cm³/mol. The molecule has 4 aromatic heterocycles. The molecule has 34 heavy (non-hydrogen) atoms. The lowest BCUT2D eigenvalue weighted by atomic mass is 10.2. The number of nitrogens with one attached hydrogen (secondary N) is 1. The van der Waals surface area contributed by atoms with E-state index in [1.54, 1.807) is 18.4 Å². The molecule has 3 N–H and O–H groups in total. The third-order valence-corrected chi connectivity index (χ3v) is 6.09. The molecule has 0 aliphatic carbocycles. The fraction of sp³-hybridized carbons (Fsp3) is 0.227. The van der Waals surface area contributed by atoms with E-state index in [0.717, 1.165) is 43.3 Å². The summed E-state index contributed by atoms with van der Waals surface area (Å²) in [5.74, 6) is 2.89. The van der Waals surface area contributed by atoms with Gasteiger partial charge in [0.1, 0.15) is 5.82 Å². The summed E-state index contributed by atoms with van der Waals surface area (Å²) in [5, 5.41) is 4.85. The summed E-state index contributed by atoms with van der Waals surface area (Å²) in [7, 11) is 0. The number of rotatable bonds is 5. The number of aromatic amines is 1. The molecule has 6 rings (SSSR count). The zero-order valence-electron chi connectivity index (χ0n) is 18.1. The van der Waals surface area contributed by atoms with Crippen LogP contribution in [0.2, 0.25) is 5.15 Å². The average Bonchev–Trinajstić information content (AvgIpc) is 3.61. The van der Waals surface area contributed by atoms with Gasteiger partial charge in [-0.15, -0.1) is 5.10 Å². The average molecular weight is 477 g/mol. The van der Waals surface area contributed by atoms with Crippen LogP contribution in [0.4, 0.5) is 11.9 Å². The maximum absolute atomic E-state index is 6.42. The van der Waals surface area contributed by atoms with Crippen molar-refractivity contribution < 1.29 is 4.42 Å². The fourth-order valence-electron chi connectivity index (χ4n) is 4.00. The Balaban J connectivity index is 1.15. The summed E-state index contributed by atoms with van der Waals surface area (Å²) in [5.41, 5.74) is 8.06. The Morgan fingerprint density at radius 1 is 0.971 bits per heavy atom. The number of benzene rings is 1. The largest absolute Gasteiger partial charge is 0.461 e. The highest BCUT2D eigenvalue weighted by Crippen LogP contribution is 2.24. The van der Waals surface area contributed by atoms with E-state index in [2.05, 4.69) is 39.8 Å². The SMILES string of the molecule is Nc1nc(N2CCN(Cc3[nH]c(-c4ccccc4)nc3Cl)CC2)nc2nc(-c3ccco3)nn12. The number of hydrogen-bond acceptors (Lipinski definition) is 9. The number of H-pyrrole nitrogens is 1. The van der Waals surface area contributed by atoms with E-state index in [0.29, 0.717) is 35.0 Å². The third kappa shape index (κ3) is 3.84. The van der Waals surface area contributed by atoms with Gasteiger partial charge in [0.15, 0.2) is 10.9 Å². The van der Waals surface area contributed by atoms with E-state index in [1.807, 2.05) is 30.3 Å². The zero-order chi connectivity index (χ0) is 23.1. The second-order valence-electron chi connectivity index (χ2n) is 7.99. The summed E-state index contributed by atoms with van der Waals surface area (Å²) >= 11 is 6.42. The van der Waals surface area contributed by atoms with Gasteiger partial charge in [0.2, 0.25) is 17.7 Å². The first kappa shape index (κ1) is 20.6. The van der Waals surface area contributed by atoms with Crippen molar-refractivity contribution in [2.75, 3.05) is 36.8 Å². The molecule has 12 heteroatoms. The Labute approximate surface area is 199 Å². The van der Waals surface area contributed by atoms with Crippen molar-refractivity contribution in [1.82, 2.24) is 39.4 Å². The molecule has 0 atom stereocenters. The van der Waals surface area contributed by atoms with Gasteiger partial charge in [0.05, 0.1) is 12.0 Å². The van der Waals surface area contributed by atoms with Crippen LogP contribution in [-0.4, -0.2) is 65.6 Å². The topological polar surface area (TPSA) is 130 Å². The molecular formula is C22H21ClN10O. The molecule has 5 aromatic rings. The van der Waals surface area contributed by atoms with Crippen molar-refractivity contribution in [1.29, 1.82) is 0 Å². The van der Waals surface area contributed by atoms with Gasteiger partial charge < -0.3 is 20.0 Å². The highest BCUT2D eigenvalue weighted by Gasteiger charge is 2.23. The summed E-state index contributed by atoms with van der Waals surface area (Å²) in [6.07, 6.45) is 1.57. The Kier molecular flexibility index (Phi) is 5.12. The number of hydrogen-bond donors (Lipinski definition) is 2. The summed E-state index contributed by atoms with van der Waals surface area (Å²) in [4.78, 5) is 25.7. The smallest absolute Gasteiger partial charge is 0.259 e. The molecule has 1 aliphatic rings. The van der Waals surface area contributed by atoms with Crippen molar-refractivity contribution in [3.63, 3.8) is 0 Å². The Morgan fingerprint density at radius 2 is 1.79 bits per heavy atom. The first-order valence-electron chi connectivity index (χ1n) is 10.9. The van der Waals surface area contributed by atoms with E-state index >= 15 is 0 Å². The second kappa shape index (κ2) is 8.43. The molecule has 0 amide bonds. The molecule has 1 aromatic carbocycles. The van der Waals surface area contributed by atoms with Gasteiger partial charge in [0.25, 0.3) is 5.78 Å². The lowest BCUT2D eigenvalue weighted by Gasteiger charge is -2.34. The number of furan rings is 1. The summed E-state index contributed by atoms with van der Waals surface area (Å²) < 4.78 is 6.79. The van der Waals surface area contributed by atoms with Crippen molar-refractivity contribution in [3.8, 4) is 23.0 Å². The van der Waals surface area contributed by atoms with Crippen LogP contribution < -0.4 is 10.6 Å². The van der Waals surface area contributed by atoms with Gasteiger partial charge in [-0.05, 0) is 12.1 Å². The molecule has 0 radical (unpaired) electrons. The van der Waals surface area contributed by atoms with Gasteiger partial charge >= 0.3 is 0 Å². The fourth-order valence-corrected chi connectivity index (χ4v) is 4.19. The highest BCUT2D eigenvalue weighted by atomic mass is 35.5. The van der Waals surface area contributed by atoms with E-state index in [-0.39, 0.29) is 5.95 Å². The molecule has 0 saturated carbocycles. The molecule has 0 unspecified atom stereocenters. The first-order valence-corrected chi connectivity index (χ1v) is 11.2.